The van der Waals surface area contributed by atoms with E-state index >= 15 is 0 Å². The predicted octanol–water partition coefficient (Wildman–Crippen LogP) is 4.10. The van der Waals surface area contributed by atoms with Gasteiger partial charge in [-0.15, -0.1) is 0 Å². The zero-order valence-corrected chi connectivity index (χ0v) is 17.3. The highest BCUT2D eigenvalue weighted by atomic mass is 16.5. The zero-order valence-electron chi connectivity index (χ0n) is 17.3. The summed E-state index contributed by atoms with van der Waals surface area (Å²) in [6.07, 6.45) is 1.84. The van der Waals surface area contributed by atoms with Gasteiger partial charge >= 0.3 is 0 Å². The van der Waals surface area contributed by atoms with Crippen molar-refractivity contribution in [1.29, 1.82) is 0 Å². The summed E-state index contributed by atoms with van der Waals surface area (Å²) in [6, 6.07) is 16.7. The second kappa shape index (κ2) is 9.74. The molecule has 1 atom stereocenters. The van der Waals surface area contributed by atoms with Crippen LogP contribution in [0.1, 0.15) is 36.5 Å². The predicted molar refractivity (Wildman–Crippen MR) is 113 cm³/mol. The van der Waals surface area contributed by atoms with Crippen molar-refractivity contribution < 1.29 is 9.53 Å². The average Bonchev–Trinajstić information content (AvgIpc) is 2.68. The summed E-state index contributed by atoms with van der Waals surface area (Å²) in [5.74, 6) is 1.11. The van der Waals surface area contributed by atoms with Crippen molar-refractivity contribution in [2.75, 3.05) is 19.7 Å². The highest BCUT2D eigenvalue weighted by Crippen LogP contribution is 2.20. The normalized spacial score (nSPS) is 16.5. The van der Waals surface area contributed by atoms with Gasteiger partial charge in [0.05, 0.1) is 6.04 Å². The Bertz CT molecular complexity index is 764. The van der Waals surface area contributed by atoms with E-state index < -0.39 is 0 Å². The second-order valence-electron chi connectivity index (χ2n) is 8.07. The van der Waals surface area contributed by atoms with Crippen LogP contribution in [0.25, 0.3) is 0 Å². The molecule has 28 heavy (non-hydrogen) atoms. The van der Waals surface area contributed by atoms with Gasteiger partial charge in [-0.2, -0.15) is 0 Å². The summed E-state index contributed by atoms with van der Waals surface area (Å²) in [4.78, 5) is 15.0. The number of carbonyl (C=O) groups is 1. The third kappa shape index (κ3) is 6.10. The van der Waals surface area contributed by atoms with Crippen molar-refractivity contribution >= 4 is 5.91 Å². The molecule has 0 aromatic heterocycles. The van der Waals surface area contributed by atoms with Crippen LogP contribution in [0.4, 0.5) is 0 Å². The number of nitrogens with one attached hydrogen (secondary N) is 1. The fraction of sp³-hybridized carbons (Fsp3) is 0.458. The molecule has 1 heterocycles. The van der Waals surface area contributed by atoms with Crippen molar-refractivity contribution in [3.8, 4) is 5.75 Å². The lowest BCUT2D eigenvalue weighted by Crippen LogP contribution is -2.44. The van der Waals surface area contributed by atoms with Gasteiger partial charge in [-0.25, -0.2) is 0 Å². The molecule has 0 aliphatic carbocycles. The maximum atomic E-state index is 12.6. The van der Waals surface area contributed by atoms with E-state index in [2.05, 4.69) is 48.3 Å². The largest absolute Gasteiger partial charge is 0.491 e. The molecule has 1 fully saturated rings. The molecule has 0 radical (unpaired) electrons. The molecular formula is C24H32N2O2. The highest BCUT2D eigenvalue weighted by molar-refractivity contribution is 5.79. The minimum Gasteiger partial charge on any atom is -0.491 e. The van der Waals surface area contributed by atoms with Gasteiger partial charge < -0.3 is 10.1 Å². The maximum absolute atomic E-state index is 12.6. The Balaban J connectivity index is 1.38. The smallest absolute Gasteiger partial charge is 0.223 e. The summed E-state index contributed by atoms with van der Waals surface area (Å²) in [5, 5.41) is 3.12. The molecule has 150 valence electrons. The van der Waals surface area contributed by atoms with E-state index in [4.69, 9.17) is 4.74 Å². The van der Waals surface area contributed by atoms with Crippen molar-refractivity contribution in [1.82, 2.24) is 10.2 Å². The number of piperidine rings is 1. The van der Waals surface area contributed by atoms with Gasteiger partial charge in [0, 0.05) is 12.5 Å². The van der Waals surface area contributed by atoms with E-state index in [1.54, 1.807) is 0 Å². The zero-order chi connectivity index (χ0) is 19.9. The van der Waals surface area contributed by atoms with E-state index in [1.807, 2.05) is 31.2 Å². The summed E-state index contributed by atoms with van der Waals surface area (Å²) < 4.78 is 5.78. The third-order valence-electron chi connectivity index (χ3n) is 5.36. The Morgan fingerprint density at radius 2 is 1.82 bits per heavy atom. The first-order chi connectivity index (χ1) is 13.5. The Kier molecular flexibility index (Phi) is 7.10. The van der Waals surface area contributed by atoms with E-state index in [-0.39, 0.29) is 17.9 Å². The summed E-state index contributed by atoms with van der Waals surface area (Å²) >= 11 is 0. The van der Waals surface area contributed by atoms with Crippen LogP contribution < -0.4 is 10.1 Å². The number of benzene rings is 2. The van der Waals surface area contributed by atoms with Crippen LogP contribution in [-0.2, 0) is 11.3 Å². The molecule has 0 spiro atoms. The maximum Gasteiger partial charge on any atom is 0.223 e. The summed E-state index contributed by atoms with van der Waals surface area (Å²) in [6.45, 7) is 9.58. The molecule has 1 N–H and O–H groups in total. The standard InChI is InChI=1S/C24H32N2O2/c1-18-7-9-23(10-8-18)28-17-20(3)25-24(27)22-11-13-26(14-12-22)16-21-6-4-5-19(2)15-21/h4-10,15,20,22H,11-14,16-17H2,1-3H3,(H,25,27)/t20-/m1/s1. The Hall–Kier alpha value is -2.33. The molecule has 1 aliphatic heterocycles. The van der Waals surface area contributed by atoms with E-state index in [0.29, 0.717) is 6.61 Å². The van der Waals surface area contributed by atoms with Crippen LogP contribution in [0.3, 0.4) is 0 Å². The van der Waals surface area contributed by atoms with E-state index in [9.17, 15) is 4.79 Å². The van der Waals surface area contributed by atoms with Crippen LogP contribution >= 0.6 is 0 Å². The number of aryl methyl sites for hydroxylation is 2. The monoisotopic (exact) mass is 380 g/mol. The molecule has 4 nitrogen and oxygen atoms in total. The lowest BCUT2D eigenvalue weighted by atomic mass is 9.95. The Labute approximate surface area is 168 Å². The molecule has 1 aliphatic rings. The van der Waals surface area contributed by atoms with Gasteiger partial charge in [0.1, 0.15) is 12.4 Å². The van der Waals surface area contributed by atoms with Gasteiger partial charge in [-0.1, -0.05) is 47.5 Å². The first kappa shape index (κ1) is 20.4. The second-order valence-corrected chi connectivity index (χ2v) is 8.07. The third-order valence-corrected chi connectivity index (χ3v) is 5.36. The number of nitrogens with zero attached hydrogens (tertiary/aromatic N) is 1. The number of amides is 1. The lowest BCUT2D eigenvalue weighted by molar-refractivity contribution is -0.127. The van der Waals surface area contributed by atoms with E-state index in [0.717, 1.165) is 38.2 Å². The molecule has 3 rings (SSSR count). The van der Waals surface area contributed by atoms with Gasteiger partial charge in [0.2, 0.25) is 5.91 Å². The van der Waals surface area contributed by atoms with Crippen LogP contribution in [0.15, 0.2) is 48.5 Å². The molecule has 2 aromatic rings. The van der Waals surface area contributed by atoms with Gasteiger partial charge in [0.15, 0.2) is 0 Å². The topological polar surface area (TPSA) is 41.6 Å². The van der Waals surface area contributed by atoms with Crippen LogP contribution in [0, 0.1) is 19.8 Å². The van der Waals surface area contributed by atoms with Crippen molar-refractivity contribution in [3.05, 3.63) is 65.2 Å². The SMILES string of the molecule is Cc1ccc(OC[C@@H](C)NC(=O)C2CCN(Cc3cccc(C)c3)CC2)cc1. The van der Waals surface area contributed by atoms with Gasteiger partial charge in [0.25, 0.3) is 0 Å². The van der Waals surface area contributed by atoms with Crippen LogP contribution in [0.2, 0.25) is 0 Å². The minimum absolute atomic E-state index is 0.000809. The average molecular weight is 381 g/mol. The molecule has 0 bridgehead atoms. The van der Waals surface area contributed by atoms with E-state index in [1.165, 1.54) is 16.7 Å². The first-order valence-corrected chi connectivity index (χ1v) is 10.3. The quantitative estimate of drug-likeness (QED) is 0.786. The molecular weight excluding hydrogens is 348 g/mol. The molecule has 1 amide bonds. The van der Waals surface area contributed by atoms with Crippen molar-refractivity contribution in [3.63, 3.8) is 0 Å². The molecule has 0 saturated carbocycles. The molecule has 2 aromatic carbocycles. The summed E-state index contributed by atoms with van der Waals surface area (Å²) in [5.41, 5.74) is 3.86. The Morgan fingerprint density at radius 3 is 2.50 bits per heavy atom. The first-order valence-electron chi connectivity index (χ1n) is 10.3. The van der Waals surface area contributed by atoms with Crippen LogP contribution in [0.5, 0.6) is 5.75 Å². The summed E-state index contributed by atoms with van der Waals surface area (Å²) in [7, 11) is 0. The number of rotatable bonds is 7. The number of likely N-dealkylation sites (tertiary alicyclic amines) is 1. The van der Waals surface area contributed by atoms with Gasteiger partial charge in [-0.05, 0) is 64.4 Å². The Morgan fingerprint density at radius 1 is 1.11 bits per heavy atom. The van der Waals surface area contributed by atoms with Crippen LogP contribution in [-0.4, -0.2) is 36.5 Å². The number of ether oxygens (including phenoxy) is 1. The molecule has 1 saturated heterocycles. The lowest BCUT2D eigenvalue weighted by Gasteiger charge is -2.32. The number of hydrogen-bond acceptors (Lipinski definition) is 3. The fourth-order valence-electron chi connectivity index (χ4n) is 3.68. The minimum atomic E-state index is -0.000809. The number of carbonyl (C=O) groups excluding carboxylic acids is 1. The van der Waals surface area contributed by atoms with Crippen molar-refractivity contribution in [2.45, 2.75) is 46.2 Å². The molecule has 0 unspecified atom stereocenters. The number of hydrogen-bond donors (Lipinski definition) is 1. The highest BCUT2D eigenvalue weighted by Gasteiger charge is 2.25. The fourth-order valence-corrected chi connectivity index (χ4v) is 3.68. The van der Waals surface area contributed by atoms with Gasteiger partial charge in [-0.3, -0.25) is 9.69 Å². The molecule has 4 heteroatoms. The van der Waals surface area contributed by atoms with Crippen molar-refractivity contribution in [2.24, 2.45) is 5.92 Å².